The maximum atomic E-state index is 13.4. The minimum absolute atomic E-state index is 0.0191. The Labute approximate surface area is 187 Å². The molecule has 1 aromatic heterocycles. The zero-order chi connectivity index (χ0) is 21.6. The fourth-order valence-corrected chi connectivity index (χ4v) is 6.44. The summed E-state index contributed by atoms with van der Waals surface area (Å²) >= 11 is 3.69. The van der Waals surface area contributed by atoms with Gasteiger partial charge in [-0.15, -0.1) is 0 Å². The lowest BCUT2D eigenvalue weighted by Gasteiger charge is -2.28. The second kappa shape index (κ2) is 8.28. The van der Waals surface area contributed by atoms with Gasteiger partial charge < -0.3 is 9.88 Å². The van der Waals surface area contributed by atoms with Crippen LogP contribution in [0.2, 0.25) is 0 Å². The van der Waals surface area contributed by atoms with Gasteiger partial charge in [-0.1, -0.05) is 25.0 Å². The number of carbonyl (C=O) groups excluding carboxylic acids is 1. The van der Waals surface area contributed by atoms with E-state index in [1.54, 1.807) is 0 Å². The molecule has 2 aliphatic carbocycles. The number of aryl methyl sites for hydroxylation is 1. The van der Waals surface area contributed by atoms with Crippen molar-refractivity contribution in [3.05, 3.63) is 33.4 Å². The predicted molar refractivity (Wildman–Crippen MR) is 123 cm³/mol. The first kappa shape index (κ1) is 21.8. The van der Waals surface area contributed by atoms with Crippen molar-refractivity contribution in [2.75, 3.05) is 12.8 Å². The van der Waals surface area contributed by atoms with Crippen LogP contribution in [0.4, 0.5) is 0 Å². The average Bonchev–Trinajstić information content (AvgIpc) is 3.14. The van der Waals surface area contributed by atoms with Crippen LogP contribution in [0.15, 0.2) is 16.6 Å². The van der Waals surface area contributed by atoms with Gasteiger partial charge in [0.05, 0.1) is 17.3 Å². The second-order valence-electron chi connectivity index (χ2n) is 9.06. The van der Waals surface area contributed by atoms with Crippen LogP contribution < -0.4 is 10.0 Å². The summed E-state index contributed by atoms with van der Waals surface area (Å²) in [6.07, 6.45) is 7.25. The normalized spacial score (nSPS) is 23.8. The minimum atomic E-state index is -3.27. The van der Waals surface area contributed by atoms with E-state index in [0.717, 1.165) is 57.6 Å². The van der Waals surface area contributed by atoms with E-state index in [4.69, 9.17) is 0 Å². The van der Waals surface area contributed by atoms with Crippen LogP contribution in [-0.2, 0) is 16.6 Å². The number of carbonyl (C=O) groups is 1. The molecule has 2 aliphatic rings. The van der Waals surface area contributed by atoms with Gasteiger partial charge in [-0.2, -0.15) is 0 Å². The smallest absolute Gasteiger partial charge is 0.253 e. The van der Waals surface area contributed by atoms with Crippen molar-refractivity contribution >= 4 is 42.8 Å². The molecule has 2 N–H and O–H groups in total. The molecule has 1 amide bonds. The number of sulfonamides is 1. The van der Waals surface area contributed by atoms with E-state index in [0.29, 0.717) is 12.1 Å². The number of halogens is 1. The first-order valence-corrected chi connectivity index (χ1v) is 13.4. The minimum Gasteiger partial charge on any atom is -0.349 e. The number of hydrogen-bond donors (Lipinski definition) is 2. The molecule has 2 unspecified atom stereocenters. The number of rotatable bonds is 6. The molecule has 2 saturated carbocycles. The number of fused-ring (bicyclic) bond motifs is 3. The Morgan fingerprint density at radius 2 is 1.83 bits per heavy atom. The number of benzene rings is 1. The second-order valence-corrected chi connectivity index (χ2v) is 11.7. The Morgan fingerprint density at radius 1 is 1.17 bits per heavy atom. The van der Waals surface area contributed by atoms with Crippen molar-refractivity contribution in [3.8, 4) is 0 Å². The molecule has 0 saturated heterocycles. The SMILES string of the molecule is Cc1ccc2c(C(=O)NC3CC4CCC(C4)C3)c(C)n(CCNS(C)(=O)=O)c2c1Br. The number of amides is 1. The quantitative estimate of drug-likeness (QED) is 0.637. The largest absolute Gasteiger partial charge is 0.349 e. The van der Waals surface area contributed by atoms with E-state index in [2.05, 4.69) is 26.0 Å². The maximum absolute atomic E-state index is 13.4. The van der Waals surface area contributed by atoms with Crippen LogP contribution >= 0.6 is 15.9 Å². The number of nitrogens with one attached hydrogen (secondary N) is 2. The summed E-state index contributed by atoms with van der Waals surface area (Å²) in [5, 5.41) is 4.22. The molecule has 2 bridgehead atoms. The molecule has 0 aliphatic heterocycles. The van der Waals surface area contributed by atoms with Gasteiger partial charge >= 0.3 is 0 Å². The summed E-state index contributed by atoms with van der Waals surface area (Å²) in [5.41, 5.74) is 3.58. The molecule has 0 radical (unpaired) electrons. The van der Waals surface area contributed by atoms with Crippen molar-refractivity contribution in [2.24, 2.45) is 11.8 Å². The van der Waals surface area contributed by atoms with E-state index in [1.165, 1.54) is 19.3 Å². The van der Waals surface area contributed by atoms with Gasteiger partial charge in [-0.25, -0.2) is 13.1 Å². The van der Waals surface area contributed by atoms with E-state index < -0.39 is 10.0 Å². The molecule has 2 fully saturated rings. The predicted octanol–water partition coefficient (Wildman–Crippen LogP) is 3.88. The van der Waals surface area contributed by atoms with Gasteiger partial charge in [-0.05, 0) is 66.4 Å². The van der Waals surface area contributed by atoms with E-state index in [-0.39, 0.29) is 18.5 Å². The Hall–Kier alpha value is -1.38. The Bertz CT molecular complexity index is 1080. The van der Waals surface area contributed by atoms with Gasteiger partial charge in [0.15, 0.2) is 0 Å². The molecule has 1 heterocycles. The van der Waals surface area contributed by atoms with Gasteiger partial charge in [-0.3, -0.25) is 4.79 Å². The Kier molecular flexibility index (Phi) is 6.03. The van der Waals surface area contributed by atoms with Crippen LogP contribution in [0.5, 0.6) is 0 Å². The van der Waals surface area contributed by atoms with E-state index in [9.17, 15) is 13.2 Å². The highest BCUT2D eigenvalue weighted by atomic mass is 79.9. The van der Waals surface area contributed by atoms with Crippen LogP contribution in [0.1, 0.15) is 53.7 Å². The van der Waals surface area contributed by atoms with E-state index in [1.807, 2.05) is 30.5 Å². The van der Waals surface area contributed by atoms with Gasteiger partial charge in [0, 0.05) is 34.7 Å². The molecule has 164 valence electrons. The summed E-state index contributed by atoms with van der Waals surface area (Å²) in [6, 6.07) is 4.27. The zero-order valence-electron chi connectivity index (χ0n) is 17.8. The summed E-state index contributed by atoms with van der Waals surface area (Å²) in [6.45, 7) is 4.69. The molecule has 1 aromatic carbocycles. The molecule has 6 nitrogen and oxygen atoms in total. The first-order valence-electron chi connectivity index (χ1n) is 10.7. The van der Waals surface area contributed by atoms with Crippen molar-refractivity contribution in [2.45, 2.75) is 58.5 Å². The molecule has 30 heavy (non-hydrogen) atoms. The van der Waals surface area contributed by atoms with Crippen LogP contribution in [-0.4, -0.2) is 37.7 Å². The number of hydrogen-bond acceptors (Lipinski definition) is 3. The lowest BCUT2D eigenvalue weighted by atomic mass is 9.85. The van der Waals surface area contributed by atoms with Crippen molar-refractivity contribution < 1.29 is 13.2 Å². The molecule has 2 aromatic rings. The number of nitrogens with zero attached hydrogens (tertiary/aromatic N) is 1. The number of aromatic nitrogens is 1. The highest BCUT2D eigenvalue weighted by Crippen LogP contribution is 2.42. The third-order valence-corrected chi connectivity index (χ3v) is 8.49. The highest BCUT2D eigenvalue weighted by Gasteiger charge is 2.35. The third kappa shape index (κ3) is 4.32. The Morgan fingerprint density at radius 3 is 2.47 bits per heavy atom. The summed E-state index contributed by atoms with van der Waals surface area (Å²) in [7, 11) is -3.27. The fourth-order valence-electron chi connectivity index (χ4n) is 5.42. The van der Waals surface area contributed by atoms with Crippen LogP contribution in [0, 0.1) is 25.7 Å². The van der Waals surface area contributed by atoms with Crippen molar-refractivity contribution in [1.29, 1.82) is 0 Å². The standard InChI is InChI=1S/C22H30BrN3O3S/c1-13-4-7-18-19(22(27)25-17-11-15-5-6-16(10-15)12-17)14(2)26(21(18)20(13)23)9-8-24-30(3,28)29/h4,7,15-17,24H,5-6,8-12H2,1-3H3,(H,25,27). The van der Waals surface area contributed by atoms with Crippen LogP contribution in [0.3, 0.4) is 0 Å². The monoisotopic (exact) mass is 495 g/mol. The summed E-state index contributed by atoms with van der Waals surface area (Å²) in [4.78, 5) is 13.4. The fraction of sp³-hybridized carbons (Fsp3) is 0.591. The summed E-state index contributed by atoms with van der Waals surface area (Å²) < 4.78 is 28.5. The maximum Gasteiger partial charge on any atom is 0.253 e. The molecule has 8 heteroatoms. The van der Waals surface area contributed by atoms with Crippen molar-refractivity contribution in [3.63, 3.8) is 0 Å². The molecule has 4 rings (SSSR count). The molecule has 2 atom stereocenters. The van der Waals surface area contributed by atoms with Crippen LogP contribution in [0.25, 0.3) is 10.9 Å². The average molecular weight is 496 g/mol. The highest BCUT2D eigenvalue weighted by molar-refractivity contribution is 9.10. The lowest BCUT2D eigenvalue weighted by molar-refractivity contribution is 0.0919. The van der Waals surface area contributed by atoms with E-state index >= 15 is 0 Å². The molecular weight excluding hydrogens is 466 g/mol. The van der Waals surface area contributed by atoms with Crippen molar-refractivity contribution in [1.82, 2.24) is 14.6 Å². The molecular formula is C22H30BrN3O3S. The Balaban J connectivity index is 1.66. The first-order chi connectivity index (χ1) is 14.1. The van der Waals surface area contributed by atoms with Gasteiger partial charge in [0.25, 0.3) is 5.91 Å². The zero-order valence-corrected chi connectivity index (χ0v) is 20.2. The molecule has 0 spiro atoms. The topological polar surface area (TPSA) is 80.2 Å². The third-order valence-electron chi connectivity index (χ3n) is 6.76. The summed E-state index contributed by atoms with van der Waals surface area (Å²) in [5.74, 6) is 1.50. The van der Waals surface area contributed by atoms with Gasteiger partial charge in [0.1, 0.15) is 0 Å². The lowest BCUT2D eigenvalue weighted by Crippen LogP contribution is -2.39. The van der Waals surface area contributed by atoms with Gasteiger partial charge in [0.2, 0.25) is 10.0 Å².